The number of nitrogens with zero attached hydrogens (tertiary/aromatic N) is 2. The summed E-state index contributed by atoms with van der Waals surface area (Å²) in [5, 5.41) is 8.88. The molecule has 2 amide bonds. The van der Waals surface area contributed by atoms with Crippen LogP contribution in [0.5, 0.6) is 0 Å². The van der Waals surface area contributed by atoms with E-state index in [1.54, 1.807) is 11.9 Å². The summed E-state index contributed by atoms with van der Waals surface area (Å²) in [6.07, 6.45) is 1.18. The Kier molecular flexibility index (Phi) is 7.65. The molecule has 164 valence electrons. The summed E-state index contributed by atoms with van der Waals surface area (Å²) in [5.74, 6) is -0.584. The van der Waals surface area contributed by atoms with Crippen LogP contribution in [0.1, 0.15) is 35.4 Å². The van der Waals surface area contributed by atoms with E-state index in [0.717, 1.165) is 24.0 Å². The first kappa shape index (κ1) is 22.3. The summed E-state index contributed by atoms with van der Waals surface area (Å²) in [4.78, 5) is 38.7. The van der Waals surface area contributed by atoms with Crippen molar-refractivity contribution in [1.29, 1.82) is 0 Å². The molecule has 3 rings (SSSR count). The molecule has 1 aliphatic heterocycles. The van der Waals surface area contributed by atoms with Gasteiger partial charge in [-0.1, -0.05) is 54.6 Å². The van der Waals surface area contributed by atoms with Gasteiger partial charge in [0.25, 0.3) is 0 Å². The van der Waals surface area contributed by atoms with Crippen molar-refractivity contribution in [3.63, 3.8) is 0 Å². The molecule has 1 aliphatic rings. The fraction of sp³-hybridized carbons (Fsp3) is 0.375. The minimum Gasteiger partial charge on any atom is -0.481 e. The highest BCUT2D eigenvalue weighted by Crippen LogP contribution is 2.28. The lowest BCUT2D eigenvalue weighted by Gasteiger charge is -2.33. The highest BCUT2D eigenvalue weighted by molar-refractivity contribution is 5.82. The molecule has 1 fully saturated rings. The van der Waals surface area contributed by atoms with Gasteiger partial charge in [0.05, 0.1) is 6.42 Å². The first-order chi connectivity index (χ1) is 14.9. The molecule has 0 bridgehead atoms. The molecule has 0 atom stereocenters. The van der Waals surface area contributed by atoms with E-state index in [2.05, 4.69) is 0 Å². The van der Waals surface area contributed by atoms with Gasteiger partial charge in [-0.2, -0.15) is 0 Å². The maximum absolute atomic E-state index is 12.6. The zero-order valence-corrected chi connectivity index (χ0v) is 17.7. The number of likely N-dealkylation sites (N-methyl/N-ethyl adjacent to an activating group) is 1. The summed E-state index contributed by atoms with van der Waals surface area (Å²) in [7, 11) is 1.57. The largest absolute Gasteiger partial charge is 0.481 e. The Morgan fingerprint density at radius 3 is 2.26 bits per heavy atom. The van der Waals surface area contributed by atoms with Crippen molar-refractivity contribution >= 4 is 18.0 Å². The van der Waals surface area contributed by atoms with Crippen LogP contribution in [-0.4, -0.2) is 59.6 Å². The Labute approximate surface area is 182 Å². The van der Waals surface area contributed by atoms with Crippen molar-refractivity contribution in [2.45, 2.75) is 31.8 Å². The third-order valence-corrected chi connectivity index (χ3v) is 5.54. The van der Waals surface area contributed by atoms with Crippen LogP contribution in [0.3, 0.4) is 0 Å². The third-order valence-electron chi connectivity index (χ3n) is 5.54. The van der Waals surface area contributed by atoms with E-state index < -0.39 is 12.1 Å². The van der Waals surface area contributed by atoms with Crippen molar-refractivity contribution in [3.05, 3.63) is 71.3 Å². The van der Waals surface area contributed by atoms with Crippen molar-refractivity contribution < 1.29 is 24.2 Å². The normalized spacial score (nSPS) is 14.2. The number of ether oxygens (including phenoxy) is 1. The molecule has 0 spiro atoms. The highest BCUT2D eigenvalue weighted by atomic mass is 16.6. The van der Waals surface area contributed by atoms with Crippen LogP contribution in [0, 0.1) is 0 Å². The number of amides is 2. The lowest BCUT2D eigenvalue weighted by molar-refractivity contribution is -0.136. The molecule has 2 aromatic rings. The summed E-state index contributed by atoms with van der Waals surface area (Å²) < 4.78 is 5.27. The van der Waals surface area contributed by atoms with Crippen molar-refractivity contribution in [3.8, 4) is 0 Å². The van der Waals surface area contributed by atoms with E-state index in [0.29, 0.717) is 19.0 Å². The van der Waals surface area contributed by atoms with Crippen LogP contribution >= 0.6 is 0 Å². The van der Waals surface area contributed by atoms with Crippen LogP contribution in [0.4, 0.5) is 4.79 Å². The van der Waals surface area contributed by atoms with E-state index in [-0.39, 0.29) is 25.5 Å². The number of carbonyl (C=O) groups is 3. The van der Waals surface area contributed by atoms with Crippen molar-refractivity contribution in [2.24, 2.45) is 0 Å². The quantitative estimate of drug-likeness (QED) is 0.737. The van der Waals surface area contributed by atoms with Crippen LogP contribution in [-0.2, 0) is 27.4 Å². The molecule has 1 saturated heterocycles. The average Bonchev–Trinajstić information content (AvgIpc) is 2.78. The maximum atomic E-state index is 12.6. The molecule has 0 aromatic heterocycles. The van der Waals surface area contributed by atoms with Crippen LogP contribution < -0.4 is 0 Å². The summed E-state index contributed by atoms with van der Waals surface area (Å²) >= 11 is 0. The van der Waals surface area contributed by atoms with Crippen molar-refractivity contribution in [2.75, 3.05) is 26.7 Å². The number of hydrogen-bond donors (Lipinski definition) is 1. The average molecular weight is 424 g/mol. The molecule has 31 heavy (non-hydrogen) atoms. The number of hydrogen-bond acceptors (Lipinski definition) is 4. The Morgan fingerprint density at radius 1 is 1.00 bits per heavy atom. The number of benzene rings is 2. The zero-order chi connectivity index (χ0) is 22.2. The fourth-order valence-corrected chi connectivity index (χ4v) is 3.74. The van der Waals surface area contributed by atoms with E-state index in [1.165, 1.54) is 10.5 Å². The Balaban J connectivity index is 1.43. The second-order valence-electron chi connectivity index (χ2n) is 7.86. The summed E-state index contributed by atoms with van der Waals surface area (Å²) in [6, 6.07) is 17.1. The predicted molar refractivity (Wildman–Crippen MR) is 116 cm³/mol. The molecule has 1 N–H and O–H groups in total. The van der Waals surface area contributed by atoms with Gasteiger partial charge in [-0.25, -0.2) is 4.79 Å². The van der Waals surface area contributed by atoms with Gasteiger partial charge in [-0.3, -0.25) is 9.59 Å². The summed E-state index contributed by atoms with van der Waals surface area (Å²) in [6.45, 7) is 1.43. The number of carboxylic acid groups (broad SMARTS) is 1. The molecule has 0 saturated carbocycles. The van der Waals surface area contributed by atoms with E-state index in [4.69, 9.17) is 9.84 Å². The molecule has 7 nitrogen and oxygen atoms in total. The smallest absolute Gasteiger partial charge is 0.410 e. The maximum Gasteiger partial charge on any atom is 0.410 e. The van der Waals surface area contributed by atoms with Gasteiger partial charge in [0, 0.05) is 20.1 Å². The number of carboxylic acids is 1. The van der Waals surface area contributed by atoms with E-state index >= 15 is 0 Å². The van der Waals surface area contributed by atoms with Gasteiger partial charge in [0.2, 0.25) is 5.91 Å². The minimum absolute atomic E-state index is 0.0117. The molecule has 2 aromatic carbocycles. The molecule has 7 heteroatoms. The van der Waals surface area contributed by atoms with Gasteiger partial charge in [-0.05, 0) is 35.4 Å². The molecular weight excluding hydrogens is 396 g/mol. The first-order valence-electron chi connectivity index (χ1n) is 10.4. The lowest BCUT2D eigenvalue weighted by atomic mass is 9.89. The number of aliphatic carboxylic acids is 1. The Bertz CT molecular complexity index is 890. The predicted octanol–water partition coefficient (Wildman–Crippen LogP) is 3.29. The second kappa shape index (κ2) is 10.6. The molecule has 1 heterocycles. The lowest BCUT2D eigenvalue weighted by Crippen LogP contribution is -2.44. The van der Waals surface area contributed by atoms with Gasteiger partial charge in [0.15, 0.2) is 0 Å². The summed E-state index contributed by atoms with van der Waals surface area (Å²) in [5.41, 5.74) is 2.85. The second-order valence-corrected chi connectivity index (χ2v) is 7.86. The standard InChI is InChI=1S/C24H28N2O5/c1-25(24(30)31-17-19-5-3-2-4-6-19)16-22(27)26-13-11-21(12-14-26)20-9-7-18(8-10-20)15-23(28)29/h2-10,21H,11-17H2,1H3,(H,28,29). The third kappa shape index (κ3) is 6.57. The monoisotopic (exact) mass is 424 g/mol. The first-order valence-corrected chi connectivity index (χ1v) is 10.4. The van der Waals surface area contributed by atoms with Crippen LogP contribution in [0.15, 0.2) is 54.6 Å². The van der Waals surface area contributed by atoms with E-state index in [9.17, 15) is 14.4 Å². The Hall–Kier alpha value is -3.35. The van der Waals surface area contributed by atoms with Crippen LogP contribution in [0.25, 0.3) is 0 Å². The van der Waals surface area contributed by atoms with Gasteiger partial charge in [-0.15, -0.1) is 0 Å². The Morgan fingerprint density at radius 2 is 1.65 bits per heavy atom. The number of carbonyl (C=O) groups excluding carboxylic acids is 2. The van der Waals surface area contributed by atoms with Gasteiger partial charge in [0.1, 0.15) is 13.2 Å². The zero-order valence-electron chi connectivity index (χ0n) is 17.7. The van der Waals surface area contributed by atoms with Gasteiger partial charge >= 0.3 is 12.1 Å². The number of likely N-dealkylation sites (tertiary alicyclic amines) is 1. The highest BCUT2D eigenvalue weighted by Gasteiger charge is 2.25. The molecular formula is C24H28N2O5. The topological polar surface area (TPSA) is 87.2 Å². The van der Waals surface area contributed by atoms with E-state index in [1.807, 2.05) is 54.6 Å². The number of piperidine rings is 1. The van der Waals surface area contributed by atoms with Crippen molar-refractivity contribution in [1.82, 2.24) is 9.80 Å². The van der Waals surface area contributed by atoms with Gasteiger partial charge < -0.3 is 19.6 Å². The molecule has 0 aliphatic carbocycles. The number of rotatable bonds is 7. The minimum atomic E-state index is -0.839. The molecule has 0 radical (unpaired) electrons. The van der Waals surface area contributed by atoms with Crippen LogP contribution in [0.2, 0.25) is 0 Å². The SMILES string of the molecule is CN(CC(=O)N1CCC(c2ccc(CC(=O)O)cc2)CC1)C(=O)OCc1ccccc1. The fourth-order valence-electron chi connectivity index (χ4n) is 3.74. The molecule has 0 unspecified atom stereocenters.